The molecule has 7 heteroatoms. The molecule has 1 amide bonds. The van der Waals surface area contributed by atoms with Crippen LogP contribution in [-0.4, -0.2) is 38.4 Å². The first kappa shape index (κ1) is 21.7. The number of hydrogen-bond acceptors (Lipinski definition) is 5. The first-order chi connectivity index (χ1) is 14.7. The second-order valence-corrected chi connectivity index (χ2v) is 7.63. The molecule has 0 saturated heterocycles. The van der Waals surface area contributed by atoms with E-state index in [1.165, 1.54) is 11.3 Å². The van der Waals surface area contributed by atoms with Crippen LogP contribution < -0.4 is 5.32 Å². The van der Waals surface area contributed by atoms with Gasteiger partial charge < -0.3 is 10.4 Å². The van der Waals surface area contributed by atoms with Gasteiger partial charge in [0.2, 0.25) is 0 Å². The fourth-order valence-electron chi connectivity index (χ4n) is 3.02. The second kappa shape index (κ2) is 10.7. The SMILES string of the molecule is C/C=C(\C=C/CC)CC(CO)NC(=O)c1scnc1-n1cc(-c2ccccc2)cn1. The molecule has 0 aliphatic carbocycles. The van der Waals surface area contributed by atoms with Crippen LogP contribution in [0.5, 0.6) is 0 Å². The van der Waals surface area contributed by atoms with Crippen LogP contribution >= 0.6 is 11.3 Å². The molecule has 2 N–H and O–H groups in total. The van der Waals surface area contributed by atoms with E-state index in [0.29, 0.717) is 17.1 Å². The highest BCUT2D eigenvalue weighted by Crippen LogP contribution is 2.22. The third-order valence-corrected chi connectivity index (χ3v) is 5.45. The number of benzene rings is 1. The minimum absolute atomic E-state index is 0.142. The Bertz CT molecular complexity index is 1020. The Labute approximate surface area is 180 Å². The third-order valence-electron chi connectivity index (χ3n) is 4.64. The number of thiazole rings is 1. The Morgan fingerprint density at radius 2 is 2.10 bits per heavy atom. The number of carbonyl (C=O) groups excluding carboxylic acids is 1. The molecular weight excluding hydrogens is 396 g/mol. The molecule has 2 heterocycles. The molecule has 0 radical (unpaired) electrons. The summed E-state index contributed by atoms with van der Waals surface area (Å²) in [6.45, 7) is 3.88. The summed E-state index contributed by atoms with van der Waals surface area (Å²) in [5, 5.41) is 17.1. The van der Waals surface area contributed by atoms with E-state index < -0.39 is 0 Å². The molecule has 0 bridgehead atoms. The normalized spacial score (nSPS) is 13.0. The summed E-state index contributed by atoms with van der Waals surface area (Å²) >= 11 is 1.25. The van der Waals surface area contributed by atoms with Gasteiger partial charge in [0, 0.05) is 11.8 Å². The second-order valence-electron chi connectivity index (χ2n) is 6.78. The molecular formula is C23H26N4O2S. The maximum atomic E-state index is 12.9. The summed E-state index contributed by atoms with van der Waals surface area (Å²) in [5.74, 6) is 0.215. The van der Waals surface area contributed by atoms with E-state index in [-0.39, 0.29) is 18.6 Å². The molecule has 0 aliphatic rings. The van der Waals surface area contributed by atoms with Crippen molar-refractivity contribution in [2.45, 2.75) is 32.7 Å². The number of aromatic nitrogens is 3. The highest BCUT2D eigenvalue weighted by atomic mass is 32.1. The minimum Gasteiger partial charge on any atom is -0.394 e. The highest BCUT2D eigenvalue weighted by molar-refractivity contribution is 7.12. The van der Waals surface area contributed by atoms with Gasteiger partial charge in [0.05, 0.1) is 24.4 Å². The van der Waals surface area contributed by atoms with Crippen LogP contribution in [0.2, 0.25) is 0 Å². The molecule has 6 nitrogen and oxygen atoms in total. The van der Waals surface area contributed by atoms with Gasteiger partial charge in [-0.2, -0.15) is 5.10 Å². The molecule has 0 fully saturated rings. The summed E-state index contributed by atoms with van der Waals surface area (Å²) in [7, 11) is 0. The van der Waals surface area contributed by atoms with Crippen molar-refractivity contribution in [3.8, 4) is 16.9 Å². The maximum Gasteiger partial charge on any atom is 0.265 e. The zero-order valence-corrected chi connectivity index (χ0v) is 18.0. The molecule has 1 aromatic carbocycles. The Balaban J connectivity index is 1.75. The number of hydrogen-bond donors (Lipinski definition) is 2. The predicted octanol–water partition coefficient (Wildman–Crippen LogP) is 4.39. The van der Waals surface area contributed by atoms with Crippen LogP contribution in [0, 0.1) is 0 Å². The summed E-state index contributed by atoms with van der Waals surface area (Å²) in [5.41, 5.74) is 4.69. The molecule has 1 unspecified atom stereocenters. The van der Waals surface area contributed by atoms with Crippen molar-refractivity contribution in [1.29, 1.82) is 0 Å². The van der Waals surface area contributed by atoms with Crippen LogP contribution in [0.25, 0.3) is 16.9 Å². The number of amides is 1. The first-order valence-corrected chi connectivity index (χ1v) is 10.8. The quantitative estimate of drug-likeness (QED) is 0.501. The molecule has 3 rings (SSSR count). The lowest BCUT2D eigenvalue weighted by molar-refractivity contribution is 0.0920. The van der Waals surface area contributed by atoms with E-state index in [0.717, 1.165) is 23.1 Å². The molecule has 2 aromatic heterocycles. The van der Waals surface area contributed by atoms with Crippen LogP contribution in [-0.2, 0) is 0 Å². The largest absolute Gasteiger partial charge is 0.394 e. The van der Waals surface area contributed by atoms with Crippen molar-refractivity contribution in [1.82, 2.24) is 20.1 Å². The van der Waals surface area contributed by atoms with Gasteiger partial charge in [-0.15, -0.1) is 11.3 Å². The lowest BCUT2D eigenvalue weighted by Crippen LogP contribution is -2.37. The monoisotopic (exact) mass is 422 g/mol. The maximum absolute atomic E-state index is 12.9. The van der Waals surface area contributed by atoms with E-state index in [9.17, 15) is 9.90 Å². The van der Waals surface area contributed by atoms with Gasteiger partial charge in [-0.1, -0.05) is 61.1 Å². The summed E-state index contributed by atoms with van der Waals surface area (Å²) in [4.78, 5) is 17.7. The van der Waals surface area contributed by atoms with Gasteiger partial charge >= 0.3 is 0 Å². The average Bonchev–Trinajstić information content (AvgIpc) is 3.46. The molecule has 30 heavy (non-hydrogen) atoms. The molecule has 156 valence electrons. The number of nitrogens with one attached hydrogen (secondary N) is 1. The van der Waals surface area contributed by atoms with Crippen molar-refractivity contribution >= 4 is 17.2 Å². The zero-order chi connectivity index (χ0) is 21.3. The minimum atomic E-state index is -0.377. The van der Waals surface area contributed by atoms with Gasteiger partial charge in [-0.3, -0.25) is 4.79 Å². The van der Waals surface area contributed by atoms with E-state index in [1.807, 2.05) is 55.6 Å². The third kappa shape index (κ3) is 5.31. The zero-order valence-electron chi connectivity index (χ0n) is 17.2. The molecule has 3 aromatic rings. The molecule has 1 atom stereocenters. The van der Waals surface area contributed by atoms with Crippen LogP contribution in [0.15, 0.2) is 72.0 Å². The van der Waals surface area contributed by atoms with Crippen molar-refractivity contribution in [3.63, 3.8) is 0 Å². The van der Waals surface area contributed by atoms with Gasteiger partial charge in [0.25, 0.3) is 5.91 Å². The fraction of sp³-hybridized carbons (Fsp3) is 0.261. The van der Waals surface area contributed by atoms with E-state index in [4.69, 9.17) is 0 Å². The van der Waals surface area contributed by atoms with E-state index in [1.54, 1.807) is 16.4 Å². The smallest absolute Gasteiger partial charge is 0.265 e. The lowest BCUT2D eigenvalue weighted by Gasteiger charge is -2.16. The van der Waals surface area contributed by atoms with Crippen molar-refractivity contribution < 1.29 is 9.90 Å². The van der Waals surface area contributed by atoms with Gasteiger partial charge in [-0.25, -0.2) is 9.67 Å². The van der Waals surface area contributed by atoms with Crippen molar-refractivity contribution in [3.05, 3.63) is 76.9 Å². The van der Waals surface area contributed by atoms with Crippen LogP contribution in [0.1, 0.15) is 36.4 Å². The summed E-state index contributed by atoms with van der Waals surface area (Å²) in [6, 6.07) is 9.54. The number of nitrogens with zero attached hydrogens (tertiary/aromatic N) is 3. The summed E-state index contributed by atoms with van der Waals surface area (Å²) in [6.07, 6.45) is 11.2. The topological polar surface area (TPSA) is 80.0 Å². The first-order valence-electron chi connectivity index (χ1n) is 9.93. The van der Waals surface area contributed by atoms with E-state index in [2.05, 4.69) is 28.4 Å². The van der Waals surface area contributed by atoms with E-state index >= 15 is 0 Å². The van der Waals surface area contributed by atoms with Gasteiger partial charge in [0.15, 0.2) is 5.82 Å². The highest BCUT2D eigenvalue weighted by Gasteiger charge is 2.20. The Kier molecular flexibility index (Phi) is 7.70. The van der Waals surface area contributed by atoms with Gasteiger partial charge in [-0.05, 0) is 25.3 Å². The number of aliphatic hydroxyl groups excluding tert-OH is 1. The number of aliphatic hydroxyl groups is 1. The van der Waals surface area contributed by atoms with Crippen molar-refractivity contribution in [2.75, 3.05) is 6.61 Å². The molecule has 0 spiro atoms. The number of rotatable bonds is 9. The molecule has 0 saturated carbocycles. The summed E-state index contributed by atoms with van der Waals surface area (Å²) < 4.78 is 1.61. The fourth-order valence-corrected chi connectivity index (χ4v) is 3.70. The molecule has 0 aliphatic heterocycles. The number of carbonyl (C=O) groups is 1. The van der Waals surface area contributed by atoms with Crippen LogP contribution in [0.4, 0.5) is 0 Å². The Hall–Kier alpha value is -3.03. The Morgan fingerprint density at radius 3 is 2.80 bits per heavy atom. The van der Waals surface area contributed by atoms with Crippen molar-refractivity contribution in [2.24, 2.45) is 0 Å². The lowest BCUT2D eigenvalue weighted by atomic mass is 10.1. The van der Waals surface area contributed by atoms with Crippen LogP contribution in [0.3, 0.4) is 0 Å². The average molecular weight is 423 g/mol. The van der Waals surface area contributed by atoms with Gasteiger partial charge in [0.1, 0.15) is 4.88 Å². The standard InChI is InChI=1S/C23H26N4O2S/c1-3-5-9-17(4-2)12-20(15-28)26-23(29)21-22(24-16-30-21)27-14-19(13-25-27)18-10-7-6-8-11-18/h4-11,13-14,16,20,28H,3,12,15H2,1-2H3,(H,26,29)/b9-5-,17-4+. The predicted molar refractivity (Wildman–Crippen MR) is 121 cm³/mol. The Morgan fingerprint density at radius 1 is 1.30 bits per heavy atom. The number of allylic oxidation sites excluding steroid dienone is 3.